The van der Waals surface area contributed by atoms with Crippen LogP contribution in [0.25, 0.3) is 0 Å². The molecular weight excluding hydrogens is 230 g/mol. The monoisotopic (exact) mass is 251 g/mol. The van der Waals surface area contributed by atoms with Gasteiger partial charge in [-0.1, -0.05) is 13.8 Å². The van der Waals surface area contributed by atoms with Crippen LogP contribution in [0.3, 0.4) is 0 Å². The molecular formula is C14H21NO3. The van der Waals surface area contributed by atoms with E-state index in [2.05, 4.69) is 5.32 Å². The van der Waals surface area contributed by atoms with Crippen LogP contribution in [-0.2, 0) is 0 Å². The fourth-order valence-electron chi connectivity index (χ4n) is 1.74. The molecule has 0 heterocycles. The van der Waals surface area contributed by atoms with Crippen molar-refractivity contribution >= 4 is 5.91 Å². The molecule has 100 valence electrons. The van der Waals surface area contributed by atoms with Gasteiger partial charge >= 0.3 is 0 Å². The highest BCUT2D eigenvalue weighted by Gasteiger charge is 2.23. The van der Waals surface area contributed by atoms with Gasteiger partial charge in [0, 0.05) is 12.1 Å². The summed E-state index contributed by atoms with van der Waals surface area (Å²) in [5, 5.41) is 22.1. The SMILES string of the molecule is CCC(O)(CC)CNC(=O)c1ccc(O)cc1C. The lowest BCUT2D eigenvalue weighted by molar-refractivity contribution is 0.0314. The summed E-state index contributed by atoms with van der Waals surface area (Å²) in [7, 11) is 0. The fourth-order valence-corrected chi connectivity index (χ4v) is 1.74. The van der Waals surface area contributed by atoms with Crippen LogP contribution in [0, 0.1) is 6.92 Å². The summed E-state index contributed by atoms with van der Waals surface area (Å²) in [5.41, 5.74) is 0.381. The number of phenols is 1. The molecule has 0 aliphatic carbocycles. The van der Waals surface area contributed by atoms with Gasteiger partial charge in [-0.3, -0.25) is 4.79 Å². The number of hydrogen-bond donors (Lipinski definition) is 3. The van der Waals surface area contributed by atoms with Gasteiger partial charge in [0.1, 0.15) is 5.75 Å². The summed E-state index contributed by atoms with van der Waals surface area (Å²) >= 11 is 0. The first-order valence-electron chi connectivity index (χ1n) is 6.22. The van der Waals surface area contributed by atoms with Crippen molar-refractivity contribution in [2.24, 2.45) is 0 Å². The van der Waals surface area contributed by atoms with Gasteiger partial charge in [-0.15, -0.1) is 0 Å². The molecule has 4 nitrogen and oxygen atoms in total. The van der Waals surface area contributed by atoms with Gasteiger partial charge in [0.2, 0.25) is 0 Å². The number of hydrogen-bond acceptors (Lipinski definition) is 3. The van der Waals surface area contributed by atoms with E-state index in [-0.39, 0.29) is 18.2 Å². The number of aromatic hydroxyl groups is 1. The Bertz CT molecular complexity index is 425. The Morgan fingerprint density at radius 3 is 2.44 bits per heavy atom. The number of rotatable bonds is 5. The first-order valence-corrected chi connectivity index (χ1v) is 6.22. The molecule has 0 aliphatic rings. The molecule has 0 aromatic heterocycles. The Kier molecular flexibility index (Phi) is 4.73. The van der Waals surface area contributed by atoms with E-state index in [0.717, 1.165) is 0 Å². The number of benzene rings is 1. The molecule has 4 heteroatoms. The topological polar surface area (TPSA) is 69.6 Å². The first kappa shape index (κ1) is 14.5. The zero-order valence-corrected chi connectivity index (χ0v) is 11.2. The van der Waals surface area contributed by atoms with Crippen molar-refractivity contribution in [3.05, 3.63) is 29.3 Å². The van der Waals surface area contributed by atoms with E-state index < -0.39 is 5.60 Å². The summed E-state index contributed by atoms with van der Waals surface area (Å²) in [6, 6.07) is 4.60. The van der Waals surface area contributed by atoms with Crippen LogP contribution in [0.2, 0.25) is 0 Å². The minimum absolute atomic E-state index is 0.141. The van der Waals surface area contributed by atoms with E-state index in [0.29, 0.717) is 24.0 Å². The lowest BCUT2D eigenvalue weighted by Crippen LogP contribution is -2.42. The summed E-state index contributed by atoms with van der Waals surface area (Å²) in [5.74, 6) is -0.0875. The second kappa shape index (κ2) is 5.87. The zero-order valence-electron chi connectivity index (χ0n) is 11.2. The smallest absolute Gasteiger partial charge is 0.251 e. The van der Waals surface area contributed by atoms with Gasteiger partial charge in [-0.05, 0) is 43.5 Å². The zero-order chi connectivity index (χ0) is 13.8. The molecule has 0 aliphatic heterocycles. The molecule has 0 fully saturated rings. The molecule has 1 rings (SSSR count). The van der Waals surface area contributed by atoms with Crippen molar-refractivity contribution < 1.29 is 15.0 Å². The van der Waals surface area contributed by atoms with Crippen molar-refractivity contribution in [1.29, 1.82) is 0 Å². The molecule has 1 aromatic rings. The molecule has 0 bridgehead atoms. The van der Waals surface area contributed by atoms with Gasteiger partial charge in [0.15, 0.2) is 0 Å². The number of aryl methyl sites for hydroxylation is 1. The molecule has 18 heavy (non-hydrogen) atoms. The van der Waals surface area contributed by atoms with Crippen molar-refractivity contribution in [2.75, 3.05) is 6.54 Å². The molecule has 1 amide bonds. The number of carbonyl (C=O) groups excluding carboxylic acids is 1. The second-order valence-electron chi connectivity index (χ2n) is 4.61. The van der Waals surface area contributed by atoms with Crippen molar-refractivity contribution in [2.45, 2.75) is 39.2 Å². The standard InChI is InChI=1S/C14H21NO3/c1-4-14(18,5-2)9-15-13(17)12-7-6-11(16)8-10(12)3/h6-8,16,18H,4-5,9H2,1-3H3,(H,15,17). The maximum absolute atomic E-state index is 12.0. The van der Waals surface area contributed by atoms with E-state index in [1.54, 1.807) is 19.1 Å². The van der Waals surface area contributed by atoms with Gasteiger partial charge in [0.05, 0.1) is 5.60 Å². The maximum atomic E-state index is 12.0. The van der Waals surface area contributed by atoms with Crippen LogP contribution in [-0.4, -0.2) is 28.3 Å². The largest absolute Gasteiger partial charge is 0.508 e. The Balaban J connectivity index is 2.71. The third-order valence-electron chi connectivity index (χ3n) is 3.35. The average Bonchev–Trinajstić information content (AvgIpc) is 2.35. The summed E-state index contributed by atoms with van der Waals surface area (Å²) in [4.78, 5) is 12.0. The minimum Gasteiger partial charge on any atom is -0.508 e. The average molecular weight is 251 g/mol. The minimum atomic E-state index is -0.847. The van der Waals surface area contributed by atoms with E-state index in [4.69, 9.17) is 0 Å². The highest BCUT2D eigenvalue weighted by molar-refractivity contribution is 5.95. The second-order valence-corrected chi connectivity index (χ2v) is 4.61. The number of nitrogens with one attached hydrogen (secondary N) is 1. The van der Waals surface area contributed by atoms with Crippen molar-refractivity contribution in [3.8, 4) is 5.75 Å². The van der Waals surface area contributed by atoms with Gasteiger partial charge in [-0.25, -0.2) is 0 Å². The Hall–Kier alpha value is -1.55. The molecule has 0 unspecified atom stereocenters. The van der Waals surface area contributed by atoms with Crippen LogP contribution in [0.15, 0.2) is 18.2 Å². The molecule has 0 radical (unpaired) electrons. The number of phenolic OH excluding ortho intramolecular Hbond substituents is 1. The highest BCUT2D eigenvalue weighted by Crippen LogP contribution is 2.17. The fraction of sp³-hybridized carbons (Fsp3) is 0.500. The predicted molar refractivity (Wildman–Crippen MR) is 70.7 cm³/mol. The van der Waals surface area contributed by atoms with Crippen LogP contribution >= 0.6 is 0 Å². The summed E-state index contributed by atoms with van der Waals surface area (Å²) in [6.07, 6.45) is 1.19. The maximum Gasteiger partial charge on any atom is 0.251 e. The summed E-state index contributed by atoms with van der Waals surface area (Å²) in [6.45, 7) is 5.78. The molecule has 0 atom stereocenters. The van der Waals surface area contributed by atoms with Crippen molar-refractivity contribution in [1.82, 2.24) is 5.32 Å². The molecule has 0 saturated heterocycles. The van der Waals surface area contributed by atoms with Crippen LogP contribution < -0.4 is 5.32 Å². The number of carbonyl (C=O) groups is 1. The number of amides is 1. The van der Waals surface area contributed by atoms with E-state index in [9.17, 15) is 15.0 Å². The normalized spacial score (nSPS) is 11.3. The third kappa shape index (κ3) is 3.47. The first-order chi connectivity index (χ1) is 8.41. The predicted octanol–water partition coefficient (Wildman–Crippen LogP) is 1.98. The third-order valence-corrected chi connectivity index (χ3v) is 3.35. The van der Waals surface area contributed by atoms with Crippen LogP contribution in [0.1, 0.15) is 42.6 Å². The van der Waals surface area contributed by atoms with E-state index >= 15 is 0 Å². The number of aliphatic hydroxyl groups is 1. The van der Waals surface area contributed by atoms with Gasteiger partial charge in [0.25, 0.3) is 5.91 Å². The molecule has 0 saturated carbocycles. The lowest BCUT2D eigenvalue weighted by atomic mass is 9.97. The van der Waals surface area contributed by atoms with E-state index in [1.165, 1.54) is 6.07 Å². The Labute approximate surface area is 108 Å². The summed E-state index contributed by atoms with van der Waals surface area (Å²) < 4.78 is 0. The molecule has 0 spiro atoms. The van der Waals surface area contributed by atoms with Crippen LogP contribution in [0.5, 0.6) is 5.75 Å². The Morgan fingerprint density at radius 2 is 1.94 bits per heavy atom. The van der Waals surface area contributed by atoms with Crippen molar-refractivity contribution in [3.63, 3.8) is 0 Å². The molecule has 3 N–H and O–H groups in total. The van der Waals surface area contributed by atoms with Crippen LogP contribution in [0.4, 0.5) is 0 Å². The quantitative estimate of drug-likeness (QED) is 0.749. The lowest BCUT2D eigenvalue weighted by Gasteiger charge is -2.25. The van der Waals surface area contributed by atoms with Gasteiger partial charge in [-0.2, -0.15) is 0 Å². The Morgan fingerprint density at radius 1 is 1.33 bits per heavy atom. The van der Waals surface area contributed by atoms with E-state index in [1.807, 2.05) is 13.8 Å². The van der Waals surface area contributed by atoms with Gasteiger partial charge < -0.3 is 15.5 Å². The molecule has 1 aromatic carbocycles. The highest BCUT2D eigenvalue weighted by atomic mass is 16.3.